The van der Waals surface area contributed by atoms with Crippen LogP contribution in [0.25, 0.3) is 16.6 Å². The van der Waals surface area contributed by atoms with Gasteiger partial charge >= 0.3 is 0 Å². The number of halogens is 3. The summed E-state index contributed by atoms with van der Waals surface area (Å²) < 4.78 is 2.69. The van der Waals surface area contributed by atoms with E-state index in [1.807, 2.05) is 24.3 Å². The van der Waals surface area contributed by atoms with Gasteiger partial charge in [-0.05, 0) is 24.3 Å². The molecule has 2 heterocycles. The van der Waals surface area contributed by atoms with E-state index in [0.29, 0.717) is 10.9 Å². The number of fused-ring (bicyclic) bond motifs is 1. The molecule has 0 N–H and O–H groups in total. The van der Waals surface area contributed by atoms with Crippen LogP contribution < -0.4 is 0 Å². The fraction of sp³-hybridized carbons (Fsp3) is 0. The van der Waals surface area contributed by atoms with Crippen molar-refractivity contribution in [3.05, 3.63) is 45.2 Å². The Morgan fingerprint density at radius 2 is 1.67 bits per heavy atom. The van der Waals surface area contributed by atoms with E-state index in [4.69, 9.17) is 23.2 Å². The number of benzene rings is 1. The largest absolute Gasteiger partial charge is 0.240 e. The zero-order valence-corrected chi connectivity index (χ0v) is 11.9. The van der Waals surface area contributed by atoms with Crippen LogP contribution in [0.2, 0.25) is 10.3 Å². The Morgan fingerprint density at radius 1 is 1.00 bits per heavy atom. The Balaban J connectivity index is 2.22. The topological polar surface area (TPSA) is 43.6 Å². The molecule has 0 aliphatic rings. The van der Waals surface area contributed by atoms with E-state index in [-0.39, 0.29) is 10.3 Å². The van der Waals surface area contributed by atoms with Gasteiger partial charge < -0.3 is 0 Å². The molecule has 3 aromatic rings. The average Bonchev–Trinajstić information content (AvgIpc) is 2.81. The van der Waals surface area contributed by atoms with Gasteiger partial charge in [-0.3, -0.25) is 0 Å². The van der Waals surface area contributed by atoms with Crippen molar-refractivity contribution in [3.8, 4) is 5.69 Å². The number of aromatic nitrogens is 4. The third kappa shape index (κ3) is 1.98. The first-order chi connectivity index (χ1) is 8.65. The summed E-state index contributed by atoms with van der Waals surface area (Å²) in [7, 11) is 0. The second-order valence-electron chi connectivity index (χ2n) is 3.59. The molecule has 0 saturated carbocycles. The van der Waals surface area contributed by atoms with Crippen molar-refractivity contribution in [2.24, 2.45) is 0 Å². The van der Waals surface area contributed by atoms with Crippen molar-refractivity contribution >= 4 is 50.0 Å². The summed E-state index contributed by atoms with van der Waals surface area (Å²) in [5.41, 5.74) is 1.45. The lowest BCUT2D eigenvalue weighted by molar-refractivity contribution is 0.894. The summed E-state index contributed by atoms with van der Waals surface area (Å²) in [6, 6.07) is 7.72. The molecular weight excluding hydrogens is 339 g/mol. The zero-order valence-electron chi connectivity index (χ0n) is 8.81. The Kier molecular flexibility index (Phi) is 2.97. The highest BCUT2D eigenvalue weighted by Crippen LogP contribution is 2.26. The van der Waals surface area contributed by atoms with Gasteiger partial charge in [-0.2, -0.15) is 5.10 Å². The highest BCUT2D eigenvalue weighted by molar-refractivity contribution is 9.10. The maximum atomic E-state index is 5.96. The van der Waals surface area contributed by atoms with E-state index in [1.54, 1.807) is 10.9 Å². The summed E-state index contributed by atoms with van der Waals surface area (Å²) in [4.78, 5) is 0. The van der Waals surface area contributed by atoms with Gasteiger partial charge in [0, 0.05) is 10.7 Å². The molecule has 7 heteroatoms. The molecule has 0 aliphatic heterocycles. The van der Waals surface area contributed by atoms with Crippen molar-refractivity contribution in [2.45, 2.75) is 0 Å². The molecule has 0 unspecified atom stereocenters. The molecule has 0 radical (unpaired) electrons. The van der Waals surface area contributed by atoms with Crippen LogP contribution in [0, 0.1) is 0 Å². The Bertz CT molecular complexity index is 685. The van der Waals surface area contributed by atoms with Gasteiger partial charge in [0.25, 0.3) is 0 Å². The average molecular weight is 344 g/mol. The van der Waals surface area contributed by atoms with Gasteiger partial charge in [0.15, 0.2) is 10.3 Å². The van der Waals surface area contributed by atoms with Gasteiger partial charge in [0.1, 0.15) is 5.52 Å². The van der Waals surface area contributed by atoms with Crippen molar-refractivity contribution in [3.63, 3.8) is 0 Å². The molecule has 0 fully saturated rings. The minimum Gasteiger partial charge on any atom is -0.240 e. The number of rotatable bonds is 1. The molecule has 90 valence electrons. The molecule has 0 aliphatic carbocycles. The molecule has 0 amide bonds. The monoisotopic (exact) mass is 342 g/mol. The third-order valence-corrected chi connectivity index (χ3v) is 3.51. The summed E-state index contributed by atoms with van der Waals surface area (Å²) in [6.45, 7) is 0. The van der Waals surface area contributed by atoms with Crippen molar-refractivity contribution in [1.82, 2.24) is 20.0 Å². The van der Waals surface area contributed by atoms with Crippen LogP contribution in [-0.4, -0.2) is 20.0 Å². The van der Waals surface area contributed by atoms with Crippen LogP contribution in [-0.2, 0) is 0 Å². The van der Waals surface area contributed by atoms with Crippen LogP contribution >= 0.6 is 39.1 Å². The number of hydrogen-bond donors (Lipinski definition) is 0. The quantitative estimate of drug-likeness (QED) is 0.673. The SMILES string of the molecule is Clc1nnc(Cl)c2nn(-c3ccc(Br)cc3)cc12. The van der Waals surface area contributed by atoms with Crippen LogP contribution in [0.1, 0.15) is 0 Å². The smallest absolute Gasteiger partial charge is 0.179 e. The first-order valence-electron chi connectivity index (χ1n) is 4.98. The zero-order chi connectivity index (χ0) is 12.7. The minimum atomic E-state index is 0.241. The van der Waals surface area contributed by atoms with Crippen molar-refractivity contribution in [1.29, 1.82) is 0 Å². The number of nitrogens with zero attached hydrogens (tertiary/aromatic N) is 4. The van der Waals surface area contributed by atoms with Crippen LogP contribution in [0.4, 0.5) is 0 Å². The summed E-state index contributed by atoms with van der Waals surface area (Å²) >= 11 is 15.3. The molecule has 2 aromatic heterocycles. The molecular formula is C11H5BrCl2N4. The normalized spacial score (nSPS) is 11.1. The molecule has 4 nitrogen and oxygen atoms in total. The lowest BCUT2D eigenvalue weighted by Gasteiger charge is -1.99. The Hall–Kier alpha value is -1.17. The van der Waals surface area contributed by atoms with Crippen LogP contribution in [0.5, 0.6) is 0 Å². The molecule has 0 bridgehead atoms. The first-order valence-corrected chi connectivity index (χ1v) is 6.53. The number of hydrogen-bond acceptors (Lipinski definition) is 3. The fourth-order valence-corrected chi connectivity index (χ4v) is 2.21. The van der Waals surface area contributed by atoms with E-state index in [0.717, 1.165) is 10.2 Å². The van der Waals surface area contributed by atoms with E-state index in [2.05, 4.69) is 31.2 Å². The lowest BCUT2D eigenvalue weighted by Crippen LogP contribution is -1.93. The molecule has 0 spiro atoms. The van der Waals surface area contributed by atoms with Gasteiger partial charge in [0.2, 0.25) is 0 Å². The molecule has 0 saturated heterocycles. The highest BCUT2D eigenvalue weighted by atomic mass is 79.9. The fourth-order valence-electron chi connectivity index (χ4n) is 1.59. The van der Waals surface area contributed by atoms with Crippen molar-refractivity contribution < 1.29 is 0 Å². The summed E-state index contributed by atoms with van der Waals surface area (Å²) in [6.07, 6.45) is 1.78. The predicted octanol–water partition coefficient (Wildman–Crippen LogP) is 3.88. The third-order valence-electron chi connectivity index (χ3n) is 2.45. The van der Waals surface area contributed by atoms with Crippen LogP contribution in [0.3, 0.4) is 0 Å². The van der Waals surface area contributed by atoms with Crippen LogP contribution in [0.15, 0.2) is 34.9 Å². The maximum absolute atomic E-state index is 5.96. The summed E-state index contributed by atoms with van der Waals surface area (Å²) in [5.74, 6) is 0. The van der Waals surface area contributed by atoms with Gasteiger partial charge in [-0.25, -0.2) is 4.68 Å². The van der Waals surface area contributed by atoms with Gasteiger partial charge in [-0.1, -0.05) is 39.1 Å². The minimum absolute atomic E-state index is 0.241. The molecule has 3 rings (SSSR count). The Labute approximate surface area is 121 Å². The standard InChI is InChI=1S/C11H5BrCl2N4/c12-6-1-3-7(4-2-6)18-5-8-9(17-18)11(14)16-15-10(8)13/h1-5H. The first kappa shape index (κ1) is 11.9. The van der Waals surface area contributed by atoms with Gasteiger partial charge in [0.05, 0.1) is 11.1 Å². The second kappa shape index (κ2) is 4.50. The molecule has 1 aromatic carbocycles. The lowest BCUT2D eigenvalue weighted by atomic mass is 10.3. The van der Waals surface area contributed by atoms with E-state index < -0.39 is 0 Å². The second-order valence-corrected chi connectivity index (χ2v) is 5.23. The Morgan fingerprint density at radius 3 is 2.33 bits per heavy atom. The van der Waals surface area contributed by atoms with E-state index >= 15 is 0 Å². The summed E-state index contributed by atoms with van der Waals surface area (Å²) in [5, 5.41) is 13.0. The van der Waals surface area contributed by atoms with E-state index in [9.17, 15) is 0 Å². The maximum Gasteiger partial charge on any atom is 0.179 e. The highest BCUT2D eigenvalue weighted by Gasteiger charge is 2.11. The molecule has 18 heavy (non-hydrogen) atoms. The van der Waals surface area contributed by atoms with E-state index in [1.165, 1.54) is 0 Å². The molecule has 0 atom stereocenters. The van der Waals surface area contributed by atoms with Gasteiger partial charge in [-0.15, -0.1) is 10.2 Å². The predicted molar refractivity (Wildman–Crippen MR) is 74.4 cm³/mol. The van der Waals surface area contributed by atoms with Crippen molar-refractivity contribution in [2.75, 3.05) is 0 Å².